The Bertz CT molecular complexity index is 1070. The van der Waals surface area contributed by atoms with Gasteiger partial charge in [-0.25, -0.2) is 4.98 Å². The van der Waals surface area contributed by atoms with E-state index in [0.717, 1.165) is 46.9 Å². The molecule has 0 saturated carbocycles. The van der Waals surface area contributed by atoms with Gasteiger partial charge in [0.2, 0.25) is 5.91 Å². The standard InChI is InChI=1S/C24H25N3O3/c1-15-11-18-12-16(3-8-21(18)30-15)13-22(28)27-10-9-20-23(26-14-25-20)24(27)17-4-6-19(29-2)7-5-17/h3-8,12,14-15,24H,9-11,13H2,1-2H3,(H,25,26)/t15-,24+/m1/s1. The summed E-state index contributed by atoms with van der Waals surface area (Å²) in [7, 11) is 1.65. The molecule has 1 amide bonds. The lowest BCUT2D eigenvalue weighted by Crippen LogP contribution is -2.41. The van der Waals surface area contributed by atoms with E-state index in [1.807, 2.05) is 41.3 Å². The maximum absolute atomic E-state index is 13.4. The number of amides is 1. The average molecular weight is 403 g/mol. The molecule has 6 nitrogen and oxygen atoms in total. The van der Waals surface area contributed by atoms with Crippen LogP contribution in [0.4, 0.5) is 0 Å². The van der Waals surface area contributed by atoms with Crippen LogP contribution in [0, 0.1) is 0 Å². The minimum Gasteiger partial charge on any atom is -0.497 e. The molecule has 154 valence electrons. The van der Waals surface area contributed by atoms with Gasteiger partial charge in [0.15, 0.2) is 0 Å². The minimum atomic E-state index is -0.198. The van der Waals surface area contributed by atoms with Gasteiger partial charge in [-0.3, -0.25) is 4.79 Å². The summed E-state index contributed by atoms with van der Waals surface area (Å²) in [5.74, 6) is 1.84. The van der Waals surface area contributed by atoms with Crippen LogP contribution >= 0.6 is 0 Å². The van der Waals surface area contributed by atoms with Crippen LogP contribution in [0.2, 0.25) is 0 Å². The van der Waals surface area contributed by atoms with Crippen LogP contribution in [0.1, 0.15) is 41.0 Å². The Morgan fingerprint density at radius 3 is 2.90 bits per heavy atom. The van der Waals surface area contributed by atoms with Crippen molar-refractivity contribution in [3.63, 3.8) is 0 Å². The first-order valence-corrected chi connectivity index (χ1v) is 10.4. The minimum absolute atomic E-state index is 0.108. The van der Waals surface area contributed by atoms with Crippen molar-refractivity contribution < 1.29 is 14.3 Å². The maximum Gasteiger partial charge on any atom is 0.227 e. The van der Waals surface area contributed by atoms with Gasteiger partial charge in [-0.15, -0.1) is 0 Å². The highest BCUT2D eigenvalue weighted by molar-refractivity contribution is 5.80. The molecule has 2 atom stereocenters. The molecule has 30 heavy (non-hydrogen) atoms. The average Bonchev–Trinajstić information content (AvgIpc) is 3.38. The number of fused-ring (bicyclic) bond motifs is 2. The molecule has 2 aliphatic heterocycles. The molecule has 0 spiro atoms. The molecule has 2 aromatic carbocycles. The molecule has 1 N–H and O–H groups in total. The molecular weight excluding hydrogens is 378 g/mol. The Kier molecular flexibility index (Phi) is 4.69. The number of benzene rings is 2. The third-order valence-electron chi connectivity index (χ3n) is 5.99. The SMILES string of the molecule is COc1ccc([C@H]2c3nc[nH]c3CCN2C(=O)Cc2ccc3c(c2)C[C@@H](C)O3)cc1. The van der Waals surface area contributed by atoms with E-state index in [-0.39, 0.29) is 18.1 Å². The van der Waals surface area contributed by atoms with E-state index in [2.05, 4.69) is 23.0 Å². The lowest BCUT2D eigenvalue weighted by Gasteiger charge is -2.35. The zero-order chi connectivity index (χ0) is 20.7. The largest absolute Gasteiger partial charge is 0.497 e. The summed E-state index contributed by atoms with van der Waals surface area (Å²) in [6.45, 7) is 2.73. The van der Waals surface area contributed by atoms with Crippen molar-refractivity contribution in [2.24, 2.45) is 0 Å². The number of carbonyl (C=O) groups excluding carboxylic acids is 1. The first-order chi connectivity index (χ1) is 14.6. The Morgan fingerprint density at radius 2 is 2.10 bits per heavy atom. The first kappa shape index (κ1) is 18.7. The Morgan fingerprint density at radius 1 is 1.27 bits per heavy atom. The molecular formula is C24H25N3O3. The van der Waals surface area contributed by atoms with Gasteiger partial charge in [-0.05, 0) is 41.8 Å². The van der Waals surface area contributed by atoms with Crippen LogP contribution in [0.3, 0.4) is 0 Å². The summed E-state index contributed by atoms with van der Waals surface area (Å²) in [4.78, 5) is 23.1. The van der Waals surface area contributed by atoms with Crippen molar-refractivity contribution in [2.45, 2.75) is 38.3 Å². The van der Waals surface area contributed by atoms with Crippen molar-refractivity contribution >= 4 is 5.91 Å². The lowest BCUT2D eigenvalue weighted by molar-refractivity contribution is -0.132. The van der Waals surface area contributed by atoms with Crippen LogP contribution in [0.25, 0.3) is 0 Å². The number of H-pyrrole nitrogens is 1. The number of carbonyl (C=O) groups is 1. The number of nitrogens with zero attached hydrogens (tertiary/aromatic N) is 2. The molecule has 0 unspecified atom stereocenters. The summed E-state index contributed by atoms with van der Waals surface area (Å²) in [6.07, 6.45) is 3.96. The van der Waals surface area contributed by atoms with Gasteiger partial charge in [0.1, 0.15) is 23.6 Å². The van der Waals surface area contributed by atoms with Gasteiger partial charge < -0.3 is 19.4 Å². The van der Waals surface area contributed by atoms with Crippen molar-refractivity contribution in [3.05, 3.63) is 76.9 Å². The maximum atomic E-state index is 13.4. The molecule has 5 rings (SSSR count). The second-order valence-corrected chi connectivity index (χ2v) is 8.03. The molecule has 0 aliphatic carbocycles. The van der Waals surface area contributed by atoms with Crippen molar-refractivity contribution in [3.8, 4) is 11.5 Å². The molecule has 3 aromatic rings. The quantitative estimate of drug-likeness (QED) is 0.725. The van der Waals surface area contributed by atoms with Gasteiger partial charge in [-0.2, -0.15) is 0 Å². The predicted octanol–water partition coefficient (Wildman–Crippen LogP) is 3.46. The van der Waals surface area contributed by atoms with Gasteiger partial charge in [-0.1, -0.05) is 24.3 Å². The predicted molar refractivity (Wildman–Crippen MR) is 113 cm³/mol. The normalized spacial score (nSPS) is 19.7. The summed E-state index contributed by atoms with van der Waals surface area (Å²) >= 11 is 0. The fraction of sp³-hybridized carbons (Fsp3) is 0.333. The summed E-state index contributed by atoms with van der Waals surface area (Å²) in [6, 6.07) is 13.8. The molecule has 1 aromatic heterocycles. The zero-order valence-electron chi connectivity index (χ0n) is 17.2. The number of methoxy groups -OCH3 is 1. The number of aromatic nitrogens is 2. The Hall–Kier alpha value is -3.28. The monoisotopic (exact) mass is 403 g/mol. The number of rotatable bonds is 4. The molecule has 0 bridgehead atoms. The van der Waals surface area contributed by atoms with Gasteiger partial charge >= 0.3 is 0 Å². The fourth-order valence-electron chi connectivity index (χ4n) is 4.53. The van der Waals surface area contributed by atoms with Gasteiger partial charge in [0.05, 0.1) is 25.6 Å². The number of ether oxygens (including phenoxy) is 2. The number of nitrogens with one attached hydrogen (secondary N) is 1. The topological polar surface area (TPSA) is 67.5 Å². The number of hydrogen-bond acceptors (Lipinski definition) is 4. The van der Waals surface area contributed by atoms with Crippen LogP contribution in [-0.2, 0) is 24.1 Å². The molecule has 3 heterocycles. The number of hydrogen-bond donors (Lipinski definition) is 1. The van der Waals surface area contributed by atoms with E-state index in [0.29, 0.717) is 13.0 Å². The third kappa shape index (κ3) is 3.32. The summed E-state index contributed by atoms with van der Waals surface area (Å²) in [5.41, 5.74) is 5.28. The van der Waals surface area contributed by atoms with Crippen LogP contribution < -0.4 is 9.47 Å². The first-order valence-electron chi connectivity index (χ1n) is 10.4. The molecule has 0 fully saturated rings. The summed E-state index contributed by atoms with van der Waals surface area (Å²) in [5, 5.41) is 0. The van der Waals surface area contributed by atoms with E-state index >= 15 is 0 Å². The second kappa shape index (κ2) is 7.52. The second-order valence-electron chi connectivity index (χ2n) is 8.03. The highest BCUT2D eigenvalue weighted by Gasteiger charge is 2.34. The van der Waals surface area contributed by atoms with E-state index < -0.39 is 0 Å². The number of imidazole rings is 1. The van der Waals surface area contributed by atoms with Crippen molar-refractivity contribution in [1.82, 2.24) is 14.9 Å². The van der Waals surface area contributed by atoms with E-state index in [1.165, 1.54) is 5.56 Å². The van der Waals surface area contributed by atoms with Crippen LogP contribution in [-0.4, -0.2) is 40.5 Å². The van der Waals surface area contributed by atoms with E-state index in [1.54, 1.807) is 13.4 Å². The van der Waals surface area contributed by atoms with Crippen molar-refractivity contribution in [2.75, 3.05) is 13.7 Å². The molecule has 2 aliphatic rings. The molecule has 6 heteroatoms. The highest BCUT2D eigenvalue weighted by Crippen LogP contribution is 2.35. The van der Waals surface area contributed by atoms with Crippen LogP contribution in [0.15, 0.2) is 48.8 Å². The fourth-order valence-corrected chi connectivity index (χ4v) is 4.53. The van der Waals surface area contributed by atoms with Crippen LogP contribution in [0.5, 0.6) is 11.5 Å². The lowest BCUT2D eigenvalue weighted by atomic mass is 9.94. The smallest absolute Gasteiger partial charge is 0.227 e. The molecule has 0 saturated heterocycles. The Balaban J connectivity index is 1.43. The number of aromatic amines is 1. The molecule has 0 radical (unpaired) electrons. The van der Waals surface area contributed by atoms with Crippen molar-refractivity contribution in [1.29, 1.82) is 0 Å². The highest BCUT2D eigenvalue weighted by atomic mass is 16.5. The summed E-state index contributed by atoms with van der Waals surface area (Å²) < 4.78 is 11.1. The van der Waals surface area contributed by atoms with Gasteiger partial charge in [0, 0.05) is 25.1 Å². The van der Waals surface area contributed by atoms with E-state index in [9.17, 15) is 4.79 Å². The van der Waals surface area contributed by atoms with Gasteiger partial charge in [0.25, 0.3) is 0 Å². The van der Waals surface area contributed by atoms with E-state index in [4.69, 9.17) is 9.47 Å². The zero-order valence-corrected chi connectivity index (χ0v) is 17.2. The Labute approximate surface area is 175 Å². The third-order valence-corrected chi connectivity index (χ3v) is 5.99.